The van der Waals surface area contributed by atoms with Crippen molar-refractivity contribution < 1.29 is 19.1 Å². The second kappa shape index (κ2) is 8.28. The third-order valence-corrected chi connectivity index (χ3v) is 3.46. The van der Waals surface area contributed by atoms with Gasteiger partial charge in [-0.3, -0.25) is 0 Å². The number of benzene rings is 1. The van der Waals surface area contributed by atoms with Gasteiger partial charge in [-0.15, -0.1) is 0 Å². The van der Waals surface area contributed by atoms with E-state index in [2.05, 4.69) is 12.3 Å². The van der Waals surface area contributed by atoms with Crippen LogP contribution in [0.25, 0.3) is 0 Å². The Morgan fingerprint density at radius 1 is 1.00 bits per heavy atom. The van der Waals surface area contributed by atoms with Gasteiger partial charge in [0.1, 0.15) is 11.2 Å². The normalized spacial score (nSPS) is 11.3. The van der Waals surface area contributed by atoms with Crippen molar-refractivity contribution in [1.29, 1.82) is 0 Å². The molecule has 0 aliphatic carbocycles. The predicted molar refractivity (Wildman–Crippen MR) is 98.9 cm³/mol. The highest BCUT2D eigenvalue weighted by molar-refractivity contribution is 7.97. The van der Waals surface area contributed by atoms with E-state index in [1.807, 2.05) is 30.3 Å². The van der Waals surface area contributed by atoms with Crippen molar-refractivity contribution >= 4 is 24.0 Å². The van der Waals surface area contributed by atoms with E-state index < -0.39 is 23.3 Å². The van der Waals surface area contributed by atoms with Crippen molar-refractivity contribution in [3.05, 3.63) is 48.3 Å². The first kappa shape index (κ1) is 20.9. The smallest absolute Gasteiger partial charge is 0.426 e. The number of carbonyl (C=O) groups excluding carboxylic acids is 2. The average molecular weight is 363 g/mol. The summed E-state index contributed by atoms with van der Waals surface area (Å²) < 4.78 is 11.9. The Morgan fingerprint density at radius 2 is 1.52 bits per heavy atom. The molecule has 1 aromatic rings. The summed E-state index contributed by atoms with van der Waals surface area (Å²) >= 11 is 1.04. The van der Waals surface area contributed by atoms with Gasteiger partial charge in [0.25, 0.3) is 0 Å². The topological polar surface area (TPSA) is 55.8 Å². The molecule has 5 nitrogen and oxygen atoms in total. The molecule has 0 heterocycles. The lowest BCUT2D eigenvalue weighted by atomic mass is 10.2. The Labute approximate surface area is 153 Å². The van der Waals surface area contributed by atoms with Crippen LogP contribution < -0.4 is 0 Å². The van der Waals surface area contributed by atoms with Gasteiger partial charge in [0.2, 0.25) is 0 Å². The SMILES string of the molecule is C=C=C(C(=O)OC(C)(C)C)N(Sc1ccccc1)C(=O)OC(C)(C)C. The van der Waals surface area contributed by atoms with Gasteiger partial charge in [-0.2, -0.15) is 4.31 Å². The molecular formula is C19H25NO4S. The zero-order valence-corrected chi connectivity index (χ0v) is 16.4. The Bertz CT molecular complexity index is 665. The van der Waals surface area contributed by atoms with Gasteiger partial charge >= 0.3 is 12.1 Å². The van der Waals surface area contributed by atoms with E-state index in [4.69, 9.17) is 9.47 Å². The summed E-state index contributed by atoms with van der Waals surface area (Å²) in [5, 5.41) is 0. The molecule has 0 saturated carbocycles. The van der Waals surface area contributed by atoms with Crippen LogP contribution in [0.2, 0.25) is 0 Å². The fourth-order valence-electron chi connectivity index (χ4n) is 1.62. The minimum absolute atomic E-state index is 0.113. The lowest BCUT2D eigenvalue weighted by Gasteiger charge is -2.28. The fourth-order valence-corrected chi connectivity index (χ4v) is 2.45. The van der Waals surface area contributed by atoms with Crippen LogP contribution in [-0.2, 0) is 14.3 Å². The highest BCUT2D eigenvalue weighted by Crippen LogP contribution is 2.29. The third-order valence-electron chi connectivity index (χ3n) is 2.46. The molecule has 1 rings (SSSR count). The summed E-state index contributed by atoms with van der Waals surface area (Å²) in [6, 6.07) is 9.16. The lowest BCUT2D eigenvalue weighted by molar-refractivity contribution is -0.151. The molecule has 1 amide bonds. The van der Waals surface area contributed by atoms with Gasteiger partial charge < -0.3 is 9.47 Å². The predicted octanol–water partition coefficient (Wildman–Crippen LogP) is 4.94. The maximum absolute atomic E-state index is 12.6. The van der Waals surface area contributed by atoms with Crippen LogP contribution in [0.3, 0.4) is 0 Å². The maximum atomic E-state index is 12.6. The summed E-state index contributed by atoms with van der Waals surface area (Å²) in [5.74, 6) is -0.697. The highest BCUT2D eigenvalue weighted by atomic mass is 32.2. The second-order valence-electron chi connectivity index (χ2n) is 7.21. The first-order valence-corrected chi connectivity index (χ1v) is 8.60. The van der Waals surface area contributed by atoms with Gasteiger partial charge in [-0.25, -0.2) is 9.59 Å². The molecule has 25 heavy (non-hydrogen) atoms. The molecular weight excluding hydrogens is 338 g/mol. The van der Waals surface area contributed by atoms with E-state index in [1.54, 1.807) is 41.5 Å². The molecule has 0 bridgehead atoms. The number of nitrogens with zero attached hydrogens (tertiary/aromatic N) is 1. The maximum Gasteiger partial charge on any atom is 0.426 e. The lowest BCUT2D eigenvalue weighted by Crippen LogP contribution is -2.36. The molecule has 0 N–H and O–H groups in total. The Morgan fingerprint density at radius 3 is 1.96 bits per heavy atom. The third kappa shape index (κ3) is 7.50. The zero-order valence-electron chi connectivity index (χ0n) is 15.6. The number of rotatable bonds is 4. The average Bonchev–Trinajstić information content (AvgIpc) is 2.44. The van der Waals surface area contributed by atoms with Gasteiger partial charge in [0.15, 0.2) is 5.70 Å². The minimum Gasteiger partial charge on any atom is -0.455 e. The van der Waals surface area contributed by atoms with Crippen molar-refractivity contribution in [2.75, 3.05) is 0 Å². The Kier molecular flexibility index (Phi) is 6.91. The minimum atomic E-state index is -0.715. The summed E-state index contributed by atoms with van der Waals surface area (Å²) in [6.07, 6.45) is -0.696. The standard InChI is InChI=1S/C19H25NO4S/c1-8-15(16(21)23-18(2,3)4)20(17(22)24-19(5,6)7)25-14-12-10-9-11-13-14/h9-13H,1H2,2-7H3. The number of carbonyl (C=O) groups is 2. The number of hydrogen-bond donors (Lipinski definition) is 0. The fraction of sp³-hybridized carbons (Fsp3) is 0.421. The summed E-state index contributed by atoms with van der Waals surface area (Å²) in [6.45, 7) is 14.0. The molecule has 0 unspecified atom stereocenters. The van der Waals surface area contributed by atoms with E-state index in [-0.39, 0.29) is 5.70 Å². The first-order valence-electron chi connectivity index (χ1n) is 7.82. The van der Waals surface area contributed by atoms with Crippen molar-refractivity contribution in [2.24, 2.45) is 0 Å². The van der Waals surface area contributed by atoms with E-state index in [0.717, 1.165) is 21.1 Å². The van der Waals surface area contributed by atoms with Crippen LogP contribution >= 0.6 is 11.9 Å². The molecule has 0 atom stereocenters. The van der Waals surface area contributed by atoms with Crippen LogP contribution in [0.5, 0.6) is 0 Å². The van der Waals surface area contributed by atoms with E-state index in [0.29, 0.717) is 0 Å². The molecule has 0 saturated heterocycles. The van der Waals surface area contributed by atoms with Crippen molar-refractivity contribution in [1.82, 2.24) is 4.31 Å². The number of amides is 1. The molecule has 0 aliphatic rings. The Hall–Kier alpha value is -2.17. The number of ether oxygens (including phenoxy) is 2. The second-order valence-corrected chi connectivity index (χ2v) is 8.23. The van der Waals surface area contributed by atoms with Crippen LogP contribution in [0.4, 0.5) is 4.79 Å². The molecule has 0 spiro atoms. The molecule has 1 aromatic carbocycles. The molecule has 0 fully saturated rings. The van der Waals surface area contributed by atoms with Crippen LogP contribution in [0, 0.1) is 0 Å². The zero-order chi connectivity index (χ0) is 19.3. The van der Waals surface area contributed by atoms with Crippen molar-refractivity contribution in [3.8, 4) is 0 Å². The summed E-state index contributed by atoms with van der Waals surface area (Å²) in [4.78, 5) is 25.8. The van der Waals surface area contributed by atoms with Crippen LogP contribution in [0.1, 0.15) is 41.5 Å². The molecule has 136 valence electrons. The Balaban J connectivity index is 3.17. The largest absolute Gasteiger partial charge is 0.455 e. The van der Waals surface area contributed by atoms with Gasteiger partial charge in [0.05, 0.1) is 0 Å². The molecule has 6 heteroatoms. The van der Waals surface area contributed by atoms with E-state index >= 15 is 0 Å². The molecule has 0 radical (unpaired) electrons. The molecule has 0 aliphatic heterocycles. The van der Waals surface area contributed by atoms with Crippen molar-refractivity contribution in [2.45, 2.75) is 57.6 Å². The van der Waals surface area contributed by atoms with E-state index in [1.165, 1.54) is 0 Å². The van der Waals surface area contributed by atoms with Gasteiger partial charge in [-0.1, -0.05) is 30.5 Å². The van der Waals surface area contributed by atoms with E-state index in [9.17, 15) is 9.59 Å². The van der Waals surface area contributed by atoms with Crippen LogP contribution in [0.15, 0.2) is 53.2 Å². The summed E-state index contributed by atoms with van der Waals surface area (Å²) in [7, 11) is 0. The summed E-state index contributed by atoms with van der Waals surface area (Å²) in [5.41, 5.74) is 0.967. The molecule has 0 aromatic heterocycles. The number of esters is 1. The first-order chi connectivity index (χ1) is 11.4. The van der Waals surface area contributed by atoms with Gasteiger partial charge in [-0.05, 0) is 65.6 Å². The van der Waals surface area contributed by atoms with Crippen molar-refractivity contribution in [3.63, 3.8) is 0 Å². The monoisotopic (exact) mass is 363 g/mol. The number of hydrogen-bond acceptors (Lipinski definition) is 5. The quantitative estimate of drug-likeness (QED) is 0.328. The van der Waals surface area contributed by atoms with Crippen LogP contribution in [-0.4, -0.2) is 27.6 Å². The highest BCUT2D eigenvalue weighted by Gasteiger charge is 2.32. The van der Waals surface area contributed by atoms with Gasteiger partial charge in [0, 0.05) is 4.90 Å².